The predicted molar refractivity (Wildman–Crippen MR) is 113 cm³/mol. The molecule has 2 heterocycles. The fourth-order valence-electron chi connectivity index (χ4n) is 4.41. The maximum absolute atomic E-state index is 12.4. The van der Waals surface area contributed by atoms with Gasteiger partial charge in [0.05, 0.1) is 18.3 Å². The number of carbonyl (C=O) groups excluding carboxylic acids is 4. The molecule has 162 valence electrons. The van der Waals surface area contributed by atoms with Crippen LogP contribution in [-0.4, -0.2) is 59.7 Å². The fraction of sp³-hybridized carbons (Fsp3) is 0.417. The number of hydrogen-bond acceptors (Lipinski definition) is 5. The van der Waals surface area contributed by atoms with Crippen LogP contribution < -0.4 is 0 Å². The molecule has 0 aromatic heterocycles. The third-order valence-electron chi connectivity index (χ3n) is 6.20. The van der Waals surface area contributed by atoms with Crippen molar-refractivity contribution in [1.82, 2.24) is 9.80 Å². The molecule has 0 radical (unpaired) electrons. The highest BCUT2D eigenvalue weighted by Crippen LogP contribution is 2.35. The first-order chi connectivity index (χ1) is 15.0. The number of nitrogens with zero attached hydrogens (tertiary/aromatic N) is 2. The lowest BCUT2D eigenvalue weighted by Gasteiger charge is -2.26. The van der Waals surface area contributed by atoms with Crippen molar-refractivity contribution in [2.24, 2.45) is 11.8 Å². The number of carbonyl (C=O) groups is 4. The fourth-order valence-corrected chi connectivity index (χ4v) is 4.41. The maximum Gasteiger partial charge on any atom is 0.308 e. The number of allylic oxidation sites excluding steroid dienone is 2. The Morgan fingerprint density at radius 2 is 1.68 bits per heavy atom. The van der Waals surface area contributed by atoms with E-state index >= 15 is 0 Å². The Bertz CT molecular complexity index is 911. The Kier molecular flexibility index (Phi) is 6.30. The molecule has 7 heteroatoms. The summed E-state index contributed by atoms with van der Waals surface area (Å²) in [6.45, 7) is 0.730. The van der Waals surface area contributed by atoms with E-state index in [0.29, 0.717) is 25.9 Å². The number of ether oxygens (including phenoxy) is 1. The molecule has 0 unspecified atom stereocenters. The quantitative estimate of drug-likeness (QED) is 0.399. The van der Waals surface area contributed by atoms with Crippen molar-refractivity contribution in [3.63, 3.8) is 0 Å². The van der Waals surface area contributed by atoms with E-state index in [1.165, 1.54) is 10.5 Å². The van der Waals surface area contributed by atoms with Crippen LogP contribution in [0.3, 0.4) is 0 Å². The molecule has 2 atom stereocenters. The summed E-state index contributed by atoms with van der Waals surface area (Å²) < 4.78 is 5.11. The lowest BCUT2D eigenvalue weighted by atomic mass is 9.85. The Labute approximate surface area is 181 Å². The van der Waals surface area contributed by atoms with E-state index in [2.05, 4.69) is 0 Å². The minimum absolute atomic E-state index is 0.00454. The second kappa shape index (κ2) is 9.29. The molecule has 1 aliphatic carbocycles. The van der Waals surface area contributed by atoms with Gasteiger partial charge in [0.2, 0.25) is 11.8 Å². The van der Waals surface area contributed by atoms with Crippen LogP contribution in [-0.2, 0) is 23.9 Å². The number of benzene rings is 1. The molecule has 2 aliphatic heterocycles. The van der Waals surface area contributed by atoms with Gasteiger partial charge in [-0.2, -0.15) is 0 Å². The number of fused-ring (bicyclic) bond motifs is 1. The number of hydrogen-bond donors (Lipinski definition) is 0. The van der Waals surface area contributed by atoms with Crippen molar-refractivity contribution in [1.29, 1.82) is 0 Å². The summed E-state index contributed by atoms with van der Waals surface area (Å²) >= 11 is 0. The Balaban J connectivity index is 1.21. The lowest BCUT2D eigenvalue weighted by molar-refractivity contribution is -0.152. The van der Waals surface area contributed by atoms with Crippen LogP contribution in [0.1, 0.15) is 31.2 Å². The van der Waals surface area contributed by atoms with E-state index in [1.807, 2.05) is 48.6 Å². The van der Waals surface area contributed by atoms with Crippen LogP contribution in [0.25, 0.3) is 5.57 Å². The van der Waals surface area contributed by atoms with Crippen molar-refractivity contribution in [3.05, 3.63) is 54.1 Å². The zero-order valence-electron chi connectivity index (χ0n) is 17.4. The molecule has 7 nitrogen and oxygen atoms in total. The van der Waals surface area contributed by atoms with E-state index in [9.17, 15) is 19.2 Å². The van der Waals surface area contributed by atoms with Crippen LogP contribution >= 0.6 is 0 Å². The molecule has 0 spiro atoms. The van der Waals surface area contributed by atoms with E-state index in [0.717, 1.165) is 12.0 Å². The molecular weight excluding hydrogens is 396 g/mol. The first-order valence-electron chi connectivity index (χ1n) is 10.7. The summed E-state index contributed by atoms with van der Waals surface area (Å²) in [6, 6.07) is 10.0. The summed E-state index contributed by atoms with van der Waals surface area (Å²) in [5.74, 6) is -1.86. The zero-order chi connectivity index (χ0) is 21.8. The lowest BCUT2D eigenvalue weighted by Crippen LogP contribution is -2.38. The highest BCUT2D eigenvalue weighted by atomic mass is 16.5. The van der Waals surface area contributed by atoms with Gasteiger partial charge < -0.3 is 9.64 Å². The third-order valence-corrected chi connectivity index (χ3v) is 6.20. The van der Waals surface area contributed by atoms with Gasteiger partial charge >= 0.3 is 5.97 Å². The summed E-state index contributed by atoms with van der Waals surface area (Å²) in [6.07, 6.45) is 7.66. The average Bonchev–Trinajstić information content (AvgIpc) is 3.06. The van der Waals surface area contributed by atoms with Crippen molar-refractivity contribution in [3.8, 4) is 0 Å². The number of esters is 1. The van der Waals surface area contributed by atoms with Crippen molar-refractivity contribution in [2.75, 3.05) is 26.2 Å². The molecule has 4 rings (SSSR count). The second-order valence-electron chi connectivity index (χ2n) is 8.08. The van der Waals surface area contributed by atoms with E-state index in [-0.39, 0.29) is 49.1 Å². The summed E-state index contributed by atoms with van der Waals surface area (Å²) in [5, 5.41) is 0. The molecular formula is C24H26N2O5. The molecule has 0 N–H and O–H groups in total. The highest BCUT2D eigenvalue weighted by molar-refractivity contribution is 6.05. The average molecular weight is 422 g/mol. The smallest absolute Gasteiger partial charge is 0.308 e. The minimum Gasteiger partial charge on any atom is -0.456 e. The summed E-state index contributed by atoms with van der Waals surface area (Å²) in [5.41, 5.74) is 2.36. The van der Waals surface area contributed by atoms with Gasteiger partial charge in [-0.15, -0.1) is 0 Å². The van der Waals surface area contributed by atoms with Gasteiger partial charge in [0.15, 0.2) is 6.61 Å². The molecule has 3 aliphatic rings. The minimum atomic E-state index is -0.584. The molecule has 31 heavy (non-hydrogen) atoms. The van der Waals surface area contributed by atoms with Gasteiger partial charge in [0.25, 0.3) is 5.91 Å². The van der Waals surface area contributed by atoms with E-state index < -0.39 is 5.97 Å². The largest absolute Gasteiger partial charge is 0.456 e. The van der Waals surface area contributed by atoms with Gasteiger partial charge in [0.1, 0.15) is 0 Å². The van der Waals surface area contributed by atoms with Gasteiger partial charge in [-0.25, -0.2) is 0 Å². The van der Waals surface area contributed by atoms with Crippen LogP contribution in [0.5, 0.6) is 0 Å². The molecule has 1 aromatic carbocycles. The monoisotopic (exact) mass is 422 g/mol. The Morgan fingerprint density at radius 3 is 2.29 bits per heavy atom. The van der Waals surface area contributed by atoms with Crippen molar-refractivity contribution in [2.45, 2.75) is 25.7 Å². The molecule has 0 saturated carbocycles. The van der Waals surface area contributed by atoms with E-state index in [4.69, 9.17) is 4.74 Å². The molecule has 0 bridgehead atoms. The van der Waals surface area contributed by atoms with Crippen molar-refractivity contribution < 1.29 is 23.9 Å². The summed E-state index contributed by atoms with van der Waals surface area (Å²) in [7, 11) is 0. The molecule has 1 saturated heterocycles. The molecule has 1 fully saturated rings. The standard InChI is InChI=1S/C24H26N2O5/c27-21(25-13-10-18(11-14-25)17-6-2-1-3-7-17)16-31-22(28)12-15-26-23(29)19-8-4-5-9-20(19)24(26)30/h1-7,10,19-20H,8-9,11-16H2/t19-,20-/m1/s1. The van der Waals surface area contributed by atoms with Crippen molar-refractivity contribution >= 4 is 29.3 Å². The number of amides is 3. The van der Waals surface area contributed by atoms with Gasteiger partial charge in [-0.1, -0.05) is 48.6 Å². The van der Waals surface area contributed by atoms with Gasteiger partial charge in [-0.3, -0.25) is 24.1 Å². The first kappa shape index (κ1) is 21.0. The molecule has 3 amide bonds. The SMILES string of the molecule is O=C(CCN1C(=O)[C@@H]2CC=CC[C@H]2C1=O)OCC(=O)N1CC=C(c2ccccc2)CC1. The highest BCUT2D eigenvalue weighted by Gasteiger charge is 2.46. The normalized spacial score (nSPS) is 22.9. The second-order valence-corrected chi connectivity index (χ2v) is 8.08. The summed E-state index contributed by atoms with van der Waals surface area (Å²) in [4.78, 5) is 52.1. The first-order valence-corrected chi connectivity index (χ1v) is 10.7. The molecule has 1 aromatic rings. The zero-order valence-corrected chi connectivity index (χ0v) is 17.4. The third kappa shape index (κ3) is 4.60. The van der Waals surface area contributed by atoms with E-state index in [1.54, 1.807) is 4.90 Å². The van der Waals surface area contributed by atoms with Crippen LogP contribution in [0, 0.1) is 11.8 Å². The van der Waals surface area contributed by atoms with Crippen LogP contribution in [0.4, 0.5) is 0 Å². The maximum atomic E-state index is 12.4. The number of imide groups is 1. The Morgan fingerprint density at radius 1 is 1.00 bits per heavy atom. The Hall–Kier alpha value is -3.22. The van der Waals surface area contributed by atoms with Crippen LogP contribution in [0.15, 0.2) is 48.6 Å². The topological polar surface area (TPSA) is 84.0 Å². The number of likely N-dealkylation sites (tertiary alicyclic amines) is 1. The van der Waals surface area contributed by atoms with Crippen LogP contribution in [0.2, 0.25) is 0 Å². The van der Waals surface area contributed by atoms with Gasteiger partial charge in [-0.05, 0) is 30.4 Å². The van der Waals surface area contributed by atoms with Gasteiger partial charge in [0, 0.05) is 19.6 Å². The predicted octanol–water partition coefficient (Wildman–Crippen LogP) is 2.19. The number of rotatable bonds is 6.